The van der Waals surface area contributed by atoms with E-state index in [-0.39, 0.29) is 29.3 Å². The summed E-state index contributed by atoms with van der Waals surface area (Å²) in [5.74, 6) is 0.254. The van der Waals surface area contributed by atoms with E-state index in [4.69, 9.17) is 11.6 Å². The molecule has 2 aromatic rings. The molecular weight excluding hydrogens is 382 g/mol. The van der Waals surface area contributed by atoms with Crippen molar-refractivity contribution in [1.82, 2.24) is 14.9 Å². The number of carbonyl (C=O) groups is 1. The fraction of sp³-hybridized carbons (Fsp3) is 0.550. The van der Waals surface area contributed by atoms with E-state index in [2.05, 4.69) is 10.3 Å². The highest BCUT2D eigenvalue weighted by Crippen LogP contribution is 2.23. The summed E-state index contributed by atoms with van der Waals surface area (Å²) in [6.07, 6.45) is 6.98. The lowest BCUT2D eigenvalue weighted by molar-refractivity contribution is -0.119. The summed E-state index contributed by atoms with van der Waals surface area (Å²) in [7, 11) is 0. The fourth-order valence-electron chi connectivity index (χ4n) is 3.53. The number of aromatic nitrogens is 2. The monoisotopic (exact) mass is 407 g/mol. The average Bonchev–Trinajstić information content (AvgIpc) is 2.88. The number of hydrogen-bond acceptors (Lipinski definition) is 4. The first-order valence-corrected chi connectivity index (χ1v) is 11.0. The normalized spacial score (nSPS) is 15.9. The van der Waals surface area contributed by atoms with Gasteiger partial charge in [-0.1, -0.05) is 49.0 Å². The summed E-state index contributed by atoms with van der Waals surface area (Å²) in [5, 5.41) is 4.78. The van der Waals surface area contributed by atoms with Gasteiger partial charge in [-0.05, 0) is 44.9 Å². The molecule has 1 heterocycles. The Balaban J connectivity index is 1.77. The highest BCUT2D eigenvalue weighted by Gasteiger charge is 2.18. The Labute approximate surface area is 168 Å². The second-order valence-corrected chi connectivity index (χ2v) is 8.75. The number of hydrogen-bond donors (Lipinski definition) is 1. The van der Waals surface area contributed by atoms with Crippen molar-refractivity contribution < 1.29 is 4.79 Å². The third-order valence-corrected chi connectivity index (χ3v) is 6.09. The van der Waals surface area contributed by atoms with Crippen molar-refractivity contribution >= 4 is 40.2 Å². The summed E-state index contributed by atoms with van der Waals surface area (Å²) >= 11 is 7.36. The molecular formula is C20H26ClN3O2S. The molecule has 3 rings (SSSR count). The number of carbonyl (C=O) groups excluding carboxylic acids is 1. The molecule has 0 saturated heterocycles. The maximum absolute atomic E-state index is 12.9. The van der Waals surface area contributed by atoms with Crippen LogP contribution in [0.2, 0.25) is 5.02 Å². The highest BCUT2D eigenvalue weighted by molar-refractivity contribution is 7.99. The van der Waals surface area contributed by atoms with Crippen LogP contribution in [0, 0.1) is 0 Å². The molecule has 27 heavy (non-hydrogen) atoms. The number of rotatable bonds is 5. The second kappa shape index (κ2) is 9.11. The van der Waals surface area contributed by atoms with Gasteiger partial charge in [-0.2, -0.15) is 0 Å². The molecule has 7 heteroatoms. The SMILES string of the molecule is CC(C)n1c(SCC(=O)NC2CCCCCC2)nc2cc(Cl)ccc2c1=O. The van der Waals surface area contributed by atoms with E-state index in [1.165, 1.54) is 37.4 Å². The van der Waals surface area contributed by atoms with Gasteiger partial charge in [-0.3, -0.25) is 14.2 Å². The van der Waals surface area contributed by atoms with Crippen molar-refractivity contribution in [3.05, 3.63) is 33.6 Å². The first-order chi connectivity index (χ1) is 13.0. The van der Waals surface area contributed by atoms with E-state index in [0.29, 0.717) is 21.1 Å². The summed E-state index contributed by atoms with van der Waals surface area (Å²) in [6.45, 7) is 3.89. The molecule has 1 aliphatic rings. The van der Waals surface area contributed by atoms with Gasteiger partial charge in [-0.15, -0.1) is 0 Å². The molecule has 0 radical (unpaired) electrons. The van der Waals surface area contributed by atoms with Gasteiger partial charge in [0.1, 0.15) is 0 Å². The Morgan fingerprint density at radius 2 is 2.00 bits per heavy atom. The van der Waals surface area contributed by atoms with E-state index < -0.39 is 0 Å². The van der Waals surface area contributed by atoms with E-state index in [9.17, 15) is 9.59 Å². The van der Waals surface area contributed by atoms with Crippen LogP contribution in [0.15, 0.2) is 28.2 Å². The lowest BCUT2D eigenvalue weighted by Gasteiger charge is -2.18. The molecule has 1 N–H and O–H groups in total. The van der Waals surface area contributed by atoms with Gasteiger partial charge in [0.2, 0.25) is 5.91 Å². The maximum atomic E-state index is 12.9. The van der Waals surface area contributed by atoms with E-state index in [1.807, 2.05) is 13.8 Å². The first-order valence-electron chi connectivity index (χ1n) is 9.59. The quantitative estimate of drug-likeness (QED) is 0.448. The summed E-state index contributed by atoms with van der Waals surface area (Å²) in [4.78, 5) is 29.9. The van der Waals surface area contributed by atoms with Gasteiger partial charge in [0.25, 0.3) is 5.56 Å². The molecule has 0 aliphatic heterocycles. The lowest BCUT2D eigenvalue weighted by Crippen LogP contribution is -2.35. The number of amides is 1. The summed E-state index contributed by atoms with van der Waals surface area (Å²) < 4.78 is 1.65. The van der Waals surface area contributed by atoms with Crippen molar-refractivity contribution in [3.63, 3.8) is 0 Å². The second-order valence-electron chi connectivity index (χ2n) is 7.37. The topological polar surface area (TPSA) is 64.0 Å². The molecule has 0 unspecified atom stereocenters. The Kier molecular flexibility index (Phi) is 6.82. The molecule has 0 bridgehead atoms. The van der Waals surface area contributed by atoms with Crippen LogP contribution in [0.3, 0.4) is 0 Å². The molecule has 1 aromatic heterocycles. The minimum absolute atomic E-state index is 0.00245. The lowest BCUT2D eigenvalue weighted by atomic mass is 10.1. The molecule has 1 aliphatic carbocycles. The van der Waals surface area contributed by atoms with Crippen LogP contribution < -0.4 is 10.9 Å². The van der Waals surface area contributed by atoms with Gasteiger partial charge >= 0.3 is 0 Å². The van der Waals surface area contributed by atoms with Crippen molar-refractivity contribution in [2.45, 2.75) is 69.6 Å². The van der Waals surface area contributed by atoms with Crippen molar-refractivity contribution in [2.75, 3.05) is 5.75 Å². The molecule has 1 amide bonds. The van der Waals surface area contributed by atoms with Crippen LogP contribution in [0.1, 0.15) is 58.4 Å². The van der Waals surface area contributed by atoms with Crippen molar-refractivity contribution in [3.8, 4) is 0 Å². The number of fused-ring (bicyclic) bond motifs is 1. The number of nitrogens with zero attached hydrogens (tertiary/aromatic N) is 2. The Bertz CT molecular complexity index is 873. The van der Waals surface area contributed by atoms with Crippen LogP contribution in [-0.4, -0.2) is 27.3 Å². The van der Waals surface area contributed by atoms with E-state index in [0.717, 1.165) is 12.8 Å². The molecule has 5 nitrogen and oxygen atoms in total. The van der Waals surface area contributed by atoms with Crippen LogP contribution in [0.5, 0.6) is 0 Å². The Morgan fingerprint density at radius 3 is 2.67 bits per heavy atom. The smallest absolute Gasteiger partial charge is 0.262 e. The maximum Gasteiger partial charge on any atom is 0.262 e. The third kappa shape index (κ3) is 5.05. The average molecular weight is 408 g/mol. The first kappa shape index (κ1) is 20.2. The minimum Gasteiger partial charge on any atom is -0.353 e. The van der Waals surface area contributed by atoms with Crippen LogP contribution in [0.4, 0.5) is 0 Å². The van der Waals surface area contributed by atoms with Gasteiger partial charge in [-0.25, -0.2) is 4.98 Å². The summed E-state index contributed by atoms with van der Waals surface area (Å²) in [6, 6.07) is 5.33. The largest absolute Gasteiger partial charge is 0.353 e. The predicted octanol–water partition coefficient (Wildman–Crippen LogP) is 4.56. The van der Waals surface area contributed by atoms with Crippen LogP contribution in [-0.2, 0) is 4.79 Å². The van der Waals surface area contributed by atoms with Crippen LogP contribution in [0.25, 0.3) is 10.9 Å². The molecule has 1 fully saturated rings. The van der Waals surface area contributed by atoms with E-state index >= 15 is 0 Å². The van der Waals surface area contributed by atoms with Crippen molar-refractivity contribution in [2.24, 2.45) is 0 Å². The van der Waals surface area contributed by atoms with Gasteiger partial charge < -0.3 is 5.32 Å². The van der Waals surface area contributed by atoms with Crippen molar-refractivity contribution in [1.29, 1.82) is 0 Å². The number of thioether (sulfide) groups is 1. The number of benzene rings is 1. The zero-order valence-electron chi connectivity index (χ0n) is 15.8. The molecule has 1 aromatic carbocycles. The zero-order chi connectivity index (χ0) is 19.4. The zero-order valence-corrected chi connectivity index (χ0v) is 17.4. The third-order valence-electron chi connectivity index (χ3n) is 4.90. The number of nitrogens with one attached hydrogen (secondary N) is 1. The Morgan fingerprint density at radius 1 is 1.30 bits per heavy atom. The Hall–Kier alpha value is -1.53. The summed E-state index contributed by atoms with van der Waals surface area (Å²) in [5.41, 5.74) is 0.467. The molecule has 0 atom stereocenters. The van der Waals surface area contributed by atoms with E-state index in [1.54, 1.807) is 22.8 Å². The highest BCUT2D eigenvalue weighted by atomic mass is 35.5. The van der Waals surface area contributed by atoms with Gasteiger partial charge in [0, 0.05) is 17.1 Å². The molecule has 0 spiro atoms. The molecule has 1 saturated carbocycles. The molecule has 146 valence electrons. The number of halogens is 1. The standard InChI is InChI=1S/C20H26ClN3O2S/c1-13(2)24-19(26)16-10-9-14(21)11-17(16)23-20(24)27-12-18(25)22-15-7-5-3-4-6-8-15/h9-11,13,15H,3-8,12H2,1-2H3,(H,22,25). The minimum atomic E-state index is -0.0988. The van der Waals surface area contributed by atoms with Crippen LogP contribution >= 0.6 is 23.4 Å². The predicted molar refractivity (Wildman–Crippen MR) is 112 cm³/mol. The fourth-order valence-corrected chi connectivity index (χ4v) is 4.64. The van der Waals surface area contributed by atoms with Gasteiger partial charge in [0.15, 0.2) is 5.16 Å². The van der Waals surface area contributed by atoms with Gasteiger partial charge in [0.05, 0.1) is 16.7 Å².